The third kappa shape index (κ3) is 3.18. The highest BCUT2D eigenvalue weighted by Gasteiger charge is 2.27. The van der Waals surface area contributed by atoms with E-state index in [1.807, 2.05) is 6.07 Å². The number of phenolic OH excluding ortho intramolecular Hbond substituents is 2. The van der Waals surface area contributed by atoms with Crippen LogP contribution in [0.1, 0.15) is 30.0 Å². The highest BCUT2D eigenvalue weighted by atomic mass is 35.5. The molecule has 0 saturated heterocycles. The fourth-order valence-corrected chi connectivity index (χ4v) is 3.42. The van der Waals surface area contributed by atoms with Crippen molar-refractivity contribution in [2.24, 2.45) is 5.73 Å². The first kappa shape index (κ1) is 16.6. The monoisotopic (exact) mass is 346 g/mol. The summed E-state index contributed by atoms with van der Waals surface area (Å²) in [5, 5.41) is 19.9. The average molecular weight is 347 g/mol. The van der Waals surface area contributed by atoms with Gasteiger partial charge in [-0.1, -0.05) is 29.8 Å². The van der Waals surface area contributed by atoms with Crippen molar-refractivity contribution >= 4 is 23.2 Å². The first-order valence-corrected chi connectivity index (χ1v) is 8.20. The lowest BCUT2D eigenvalue weighted by atomic mass is 9.99. The molecule has 1 heterocycles. The Morgan fingerprint density at radius 2 is 2.08 bits per heavy atom. The zero-order valence-corrected chi connectivity index (χ0v) is 13.8. The van der Waals surface area contributed by atoms with Crippen LogP contribution in [0.2, 0.25) is 5.02 Å². The van der Waals surface area contributed by atoms with Crippen LogP contribution >= 0.6 is 11.6 Å². The maximum absolute atomic E-state index is 12.7. The standard InChI is InChI=1S/C18H19ClN2O3/c19-14-9-12(22)6-7-13(14)15(20)10-17(24)21-8-2-4-11-3-1-5-16(23)18(11)21/h1,3,5-7,9,15,22-23H,2,4,8,10,20H2. The number of halogens is 1. The van der Waals surface area contributed by atoms with Crippen LogP contribution in [-0.2, 0) is 11.2 Å². The minimum Gasteiger partial charge on any atom is -0.508 e. The highest BCUT2D eigenvalue weighted by molar-refractivity contribution is 6.31. The molecule has 0 saturated carbocycles. The number of hydrogen-bond acceptors (Lipinski definition) is 4. The van der Waals surface area contributed by atoms with E-state index in [-0.39, 0.29) is 23.8 Å². The van der Waals surface area contributed by atoms with Gasteiger partial charge >= 0.3 is 0 Å². The number of carbonyl (C=O) groups excluding carboxylic acids is 1. The summed E-state index contributed by atoms with van der Waals surface area (Å²) in [6, 6.07) is 9.23. The van der Waals surface area contributed by atoms with Gasteiger partial charge in [0.1, 0.15) is 11.5 Å². The molecule has 0 radical (unpaired) electrons. The first-order valence-electron chi connectivity index (χ1n) is 7.82. The smallest absolute Gasteiger partial charge is 0.229 e. The first-order chi connectivity index (χ1) is 11.5. The maximum Gasteiger partial charge on any atom is 0.229 e. The number of carbonyl (C=O) groups is 1. The summed E-state index contributed by atoms with van der Waals surface area (Å²) in [6.45, 7) is 0.555. The molecule has 3 rings (SSSR count). The van der Waals surface area contributed by atoms with Crippen LogP contribution in [0.25, 0.3) is 0 Å². The van der Waals surface area contributed by atoms with Crippen molar-refractivity contribution in [2.75, 3.05) is 11.4 Å². The van der Waals surface area contributed by atoms with E-state index in [4.69, 9.17) is 17.3 Å². The van der Waals surface area contributed by atoms with Gasteiger partial charge in [-0.15, -0.1) is 0 Å². The van der Waals surface area contributed by atoms with Crippen LogP contribution < -0.4 is 10.6 Å². The molecule has 1 aliphatic heterocycles. The average Bonchev–Trinajstić information content (AvgIpc) is 2.54. The number of para-hydroxylation sites is 1. The largest absolute Gasteiger partial charge is 0.508 e. The van der Waals surface area contributed by atoms with E-state index in [1.165, 1.54) is 12.1 Å². The molecular formula is C18H19ClN2O3. The van der Waals surface area contributed by atoms with Crippen molar-refractivity contribution in [3.63, 3.8) is 0 Å². The maximum atomic E-state index is 12.7. The third-order valence-corrected chi connectivity index (χ3v) is 4.60. The molecule has 1 amide bonds. The van der Waals surface area contributed by atoms with Crippen LogP contribution in [0, 0.1) is 0 Å². The van der Waals surface area contributed by atoms with Crippen LogP contribution in [0.3, 0.4) is 0 Å². The number of aromatic hydroxyl groups is 2. The van der Waals surface area contributed by atoms with Gasteiger partial charge in [-0.05, 0) is 42.2 Å². The number of nitrogens with zero attached hydrogens (tertiary/aromatic N) is 1. The molecule has 2 aromatic carbocycles. The van der Waals surface area contributed by atoms with Gasteiger partial charge in [-0.3, -0.25) is 4.79 Å². The van der Waals surface area contributed by atoms with Gasteiger partial charge in [0.15, 0.2) is 0 Å². The summed E-state index contributed by atoms with van der Waals surface area (Å²) in [5.74, 6) is 0.00281. The Hall–Kier alpha value is -2.24. The molecule has 2 aromatic rings. The molecule has 0 aliphatic carbocycles. The minimum absolute atomic E-state index is 0.0529. The van der Waals surface area contributed by atoms with Crippen molar-refractivity contribution < 1.29 is 15.0 Å². The van der Waals surface area contributed by atoms with Gasteiger partial charge < -0.3 is 20.8 Å². The summed E-state index contributed by atoms with van der Waals surface area (Å²) in [6.07, 6.45) is 1.75. The van der Waals surface area contributed by atoms with Crippen LogP contribution in [0.15, 0.2) is 36.4 Å². The predicted molar refractivity (Wildman–Crippen MR) is 93.4 cm³/mol. The number of amides is 1. The zero-order valence-electron chi connectivity index (χ0n) is 13.1. The van der Waals surface area contributed by atoms with E-state index in [0.29, 0.717) is 22.8 Å². The van der Waals surface area contributed by atoms with Crippen molar-refractivity contribution in [1.29, 1.82) is 0 Å². The molecule has 24 heavy (non-hydrogen) atoms. The molecule has 1 atom stereocenters. The van der Waals surface area contributed by atoms with Gasteiger partial charge in [-0.2, -0.15) is 0 Å². The molecule has 5 nitrogen and oxygen atoms in total. The van der Waals surface area contributed by atoms with Crippen molar-refractivity contribution in [3.8, 4) is 11.5 Å². The number of nitrogens with two attached hydrogens (primary N) is 1. The van der Waals surface area contributed by atoms with E-state index in [0.717, 1.165) is 18.4 Å². The molecule has 0 bridgehead atoms. The summed E-state index contributed by atoms with van der Waals surface area (Å²) in [4.78, 5) is 14.3. The molecule has 0 spiro atoms. The number of rotatable bonds is 3. The molecule has 6 heteroatoms. The number of aryl methyl sites for hydroxylation is 1. The second-order valence-corrected chi connectivity index (χ2v) is 6.36. The molecule has 0 fully saturated rings. The fourth-order valence-electron chi connectivity index (χ4n) is 3.11. The van der Waals surface area contributed by atoms with Crippen LogP contribution in [0.4, 0.5) is 5.69 Å². The minimum atomic E-state index is -0.582. The van der Waals surface area contributed by atoms with Gasteiger partial charge in [0, 0.05) is 24.0 Å². The Labute approximate surface area is 145 Å². The lowest BCUT2D eigenvalue weighted by Crippen LogP contribution is -2.37. The lowest BCUT2D eigenvalue weighted by molar-refractivity contribution is -0.119. The number of phenols is 2. The topological polar surface area (TPSA) is 86.8 Å². The van der Waals surface area contributed by atoms with E-state index in [2.05, 4.69) is 0 Å². The normalized spacial score (nSPS) is 15.0. The second kappa shape index (κ2) is 6.71. The van der Waals surface area contributed by atoms with E-state index in [1.54, 1.807) is 23.1 Å². The summed E-state index contributed by atoms with van der Waals surface area (Å²) in [5.41, 5.74) is 8.29. The Morgan fingerprint density at radius 3 is 2.83 bits per heavy atom. The Bertz CT molecular complexity index is 779. The third-order valence-electron chi connectivity index (χ3n) is 4.28. The van der Waals surface area contributed by atoms with E-state index in [9.17, 15) is 15.0 Å². The molecule has 1 aliphatic rings. The zero-order chi connectivity index (χ0) is 17.3. The van der Waals surface area contributed by atoms with Crippen LogP contribution in [-0.4, -0.2) is 22.7 Å². The summed E-state index contributed by atoms with van der Waals surface area (Å²) >= 11 is 6.10. The number of benzene rings is 2. The number of hydrogen-bond donors (Lipinski definition) is 3. The van der Waals surface area contributed by atoms with Gasteiger partial charge in [0.25, 0.3) is 0 Å². The van der Waals surface area contributed by atoms with Gasteiger partial charge in [0.05, 0.1) is 5.69 Å². The summed E-state index contributed by atoms with van der Waals surface area (Å²) in [7, 11) is 0. The molecule has 4 N–H and O–H groups in total. The second-order valence-electron chi connectivity index (χ2n) is 5.95. The van der Waals surface area contributed by atoms with Crippen LogP contribution in [0.5, 0.6) is 11.5 Å². The van der Waals surface area contributed by atoms with Crippen molar-refractivity contribution in [1.82, 2.24) is 0 Å². The quantitative estimate of drug-likeness (QED) is 0.797. The molecule has 0 aromatic heterocycles. The van der Waals surface area contributed by atoms with Crippen molar-refractivity contribution in [2.45, 2.75) is 25.3 Å². The SMILES string of the molecule is NC(CC(=O)N1CCCc2cccc(O)c21)c1ccc(O)cc1Cl. The fraction of sp³-hybridized carbons (Fsp3) is 0.278. The Kier molecular flexibility index (Phi) is 4.64. The Morgan fingerprint density at radius 1 is 1.29 bits per heavy atom. The number of fused-ring (bicyclic) bond motifs is 1. The summed E-state index contributed by atoms with van der Waals surface area (Å²) < 4.78 is 0. The van der Waals surface area contributed by atoms with Crippen molar-refractivity contribution in [3.05, 3.63) is 52.5 Å². The molecule has 1 unspecified atom stereocenters. The molecular weight excluding hydrogens is 328 g/mol. The lowest BCUT2D eigenvalue weighted by Gasteiger charge is -2.31. The number of anilines is 1. The van der Waals surface area contributed by atoms with Gasteiger partial charge in [0.2, 0.25) is 5.91 Å². The highest BCUT2D eigenvalue weighted by Crippen LogP contribution is 2.36. The van der Waals surface area contributed by atoms with E-state index < -0.39 is 6.04 Å². The Balaban J connectivity index is 1.81. The van der Waals surface area contributed by atoms with E-state index >= 15 is 0 Å². The molecule has 126 valence electrons. The van der Waals surface area contributed by atoms with Gasteiger partial charge in [-0.25, -0.2) is 0 Å². The predicted octanol–water partition coefficient (Wildman–Crippen LogP) is 3.12.